The maximum Gasteiger partial charge on any atom is 0.153 e. The molecule has 0 N–H and O–H groups in total. The molecule has 1 aromatic carbocycles. The number of benzene rings is 1. The second-order valence-electron chi connectivity index (χ2n) is 6.89. The van der Waals surface area contributed by atoms with Gasteiger partial charge in [-0.05, 0) is 36.9 Å². The van der Waals surface area contributed by atoms with Crippen molar-refractivity contribution < 1.29 is 12.8 Å². The molecule has 0 saturated carbocycles. The van der Waals surface area contributed by atoms with Gasteiger partial charge in [0.05, 0.1) is 17.2 Å². The molecule has 1 aromatic heterocycles. The molecule has 3 heterocycles. The number of hydrogen-bond acceptors (Lipinski definition) is 5. The van der Waals surface area contributed by atoms with Crippen LogP contribution in [-0.2, 0) is 16.4 Å². The second kappa shape index (κ2) is 6.19. The molecule has 2 atom stereocenters. The minimum atomic E-state index is -3.02. The van der Waals surface area contributed by atoms with Gasteiger partial charge in [0, 0.05) is 44.1 Å². The fraction of sp³-hybridized carbons (Fsp3) is 0.471. The van der Waals surface area contributed by atoms with Crippen LogP contribution in [0.25, 0.3) is 5.69 Å². The van der Waals surface area contributed by atoms with E-state index in [-0.39, 0.29) is 29.4 Å². The normalized spacial score (nSPS) is 26.6. The van der Waals surface area contributed by atoms with E-state index in [1.54, 1.807) is 16.9 Å². The molecule has 8 heteroatoms. The summed E-state index contributed by atoms with van der Waals surface area (Å²) < 4.78 is 39.8. The lowest BCUT2D eigenvalue weighted by Crippen LogP contribution is -2.57. The van der Waals surface area contributed by atoms with Gasteiger partial charge >= 0.3 is 0 Å². The van der Waals surface area contributed by atoms with Gasteiger partial charge in [-0.2, -0.15) is 5.10 Å². The summed E-state index contributed by atoms with van der Waals surface area (Å²) in [5.41, 5.74) is 1.64. The average molecular weight is 364 g/mol. The highest BCUT2D eigenvalue weighted by molar-refractivity contribution is 7.91. The smallest absolute Gasteiger partial charge is 0.153 e. The van der Waals surface area contributed by atoms with Crippen LogP contribution in [-0.4, -0.2) is 71.7 Å². The van der Waals surface area contributed by atoms with E-state index in [1.807, 2.05) is 19.3 Å². The lowest BCUT2D eigenvalue weighted by Gasteiger charge is -2.42. The topological polar surface area (TPSA) is 58.4 Å². The zero-order valence-corrected chi connectivity index (χ0v) is 14.9. The monoisotopic (exact) mass is 364 g/mol. The number of piperazine rings is 1. The van der Waals surface area contributed by atoms with Crippen molar-refractivity contribution in [1.82, 2.24) is 19.6 Å². The van der Waals surface area contributed by atoms with Crippen molar-refractivity contribution in [3.05, 3.63) is 48.0 Å². The SMILES string of the molecule is CN1CCN(Cc2cc(F)ccc2-n2cccn2)[C@@H]2CS(=O)(=O)C[C@@H]21. The summed E-state index contributed by atoms with van der Waals surface area (Å²) in [6.45, 7) is 2.09. The second-order valence-corrected chi connectivity index (χ2v) is 9.04. The van der Waals surface area contributed by atoms with Gasteiger partial charge in [-0.1, -0.05) is 0 Å². The molecule has 0 radical (unpaired) electrons. The third kappa shape index (κ3) is 3.21. The van der Waals surface area contributed by atoms with Crippen LogP contribution in [0.1, 0.15) is 5.56 Å². The Bertz CT molecular complexity index is 869. The van der Waals surface area contributed by atoms with Crippen molar-refractivity contribution in [2.75, 3.05) is 31.6 Å². The zero-order valence-electron chi connectivity index (χ0n) is 14.0. The largest absolute Gasteiger partial charge is 0.300 e. The van der Waals surface area contributed by atoms with E-state index >= 15 is 0 Å². The fourth-order valence-corrected chi connectivity index (χ4v) is 6.02. The van der Waals surface area contributed by atoms with Crippen LogP contribution in [0.3, 0.4) is 0 Å². The molecule has 0 aliphatic carbocycles. The third-order valence-electron chi connectivity index (χ3n) is 5.23. The first-order valence-electron chi connectivity index (χ1n) is 8.36. The molecule has 0 bridgehead atoms. The Morgan fingerprint density at radius 3 is 2.80 bits per heavy atom. The zero-order chi connectivity index (χ0) is 17.6. The average Bonchev–Trinajstić information content (AvgIpc) is 3.18. The molecule has 2 aliphatic rings. The van der Waals surface area contributed by atoms with Gasteiger partial charge in [-0.15, -0.1) is 0 Å². The molecule has 2 aromatic rings. The molecule has 2 saturated heterocycles. The first-order chi connectivity index (χ1) is 11.9. The van der Waals surface area contributed by atoms with Gasteiger partial charge in [0.1, 0.15) is 5.82 Å². The van der Waals surface area contributed by atoms with Gasteiger partial charge in [0.25, 0.3) is 0 Å². The predicted molar refractivity (Wildman–Crippen MR) is 92.8 cm³/mol. The Kier molecular flexibility index (Phi) is 4.13. The molecule has 2 fully saturated rings. The summed E-state index contributed by atoms with van der Waals surface area (Å²) in [6, 6.07) is 6.46. The number of aromatic nitrogens is 2. The number of nitrogens with zero attached hydrogens (tertiary/aromatic N) is 4. The Hall–Kier alpha value is -1.77. The lowest BCUT2D eigenvalue weighted by atomic mass is 10.0. The van der Waals surface area contributed by atoms with E-state index in [1.165, 1.54) is 12.1 Å². The van der Waals surface area contributed by atoms with Crippen molar-refractivity contribution in [2.45, 2.75) is 18.6 Å². The molecule has 0 spiro atoms. The quantitative estimate of drug-likeness (QED) is 0.811. The van der Waals surface area contributed by atoms with E-state index in [4.69, 9.17) is 0 Å². The fourth-order valence-electron chi connectivity index (χ4n) is 3.93. The summed E-state index contributed by atoms with van der Waals surface area (Å²) >= 11 is 0. The predicted octanol–water partition coefficient (Wildman–Crippen LogP) is 0.924. The van der Waals surface area contributed by atoms with Crippen LogP contribution in [0, 0.1) is 5.82 Å². The van der Waals surface area contributed by atoms with Crippen LogP contribution < -0.4 is 0 Å². The first kappa shape index (κ1) is 16.7. The van der Waals surface area contributed by atoms with Crippen molar-refractivity contribution in [3.63, 3.8) is 0 Å². The number of fused-ring (bicyclic) bond motifs is 1. The van der Waals surface area contributed by atoms with Crippen LogP contribution in [0.2, 0.25) is 0 Å². The summed E-state index contributed by atoms with van der Waals surface area (Å²) in [7, 11) is -1.04. The lowest BCUT2D eigenvalue weighted by molar-refractivity contribution is 0.0572. The van der Waals surface area contributed by atoms with Gasteiger partial charge in [-0.25, -0.2) is 17.5 Å². The van der Waals surface area contributed by atoms with E-state index in [9.17, 15) is 12.8 Å². The highest BCUT2D eigenvalue weighted by Gasteiger charge is 2.45. The molecule has 0 amide bonds. The Labute approximate surface area is 146 Å². The molecule has 0 unspecified atom stereocenters. The highest BCUT2D eigenvalue weighted by atomic mass is 32.2. The summed E-state index contributed by atoms with van der Waals surface area (Å²) in [5.74, 6) is 0.0875. The van der Waals surface area contributed by atoms with Gasteiger partial charge in [0.2, 0.25) is 0 Å². The molecular formula is C17H21FN4O2S. The van der Waals surface area contributed by atoms with Crippen molar-refractivity contribution in [1.29, 1.82) is 0 Å². The van der Waals surface area contributed by atoms with Crippen molar-refractivity contribution >= 4 is 9.84 Å². The van der Waals surface area contributed by atoms with Gasteiger partial charge in [0.15, 0.2) is 9.84 Å². The van der Waals surface area contributed by atoms with E-state index < -0.39 is 9.84 Å². The number of sulfone groups is 1. The highest BCUT2D eigenvalue weighted by Crippen LogP contribution is 2.28. The van der Waals surface area contributed by atoms with Gasteiger partial charge in [-0.3, -0.25) is 9.80 Å². The molecule has 134 valence electrons. The number of likely N-dealkylation sites (N-methyl/N-ethyl adjacent to an activating group) is 1. The number of halogens is 1. The minimum absolute atomic E-state index is 0.0143. The van der Waals surface area contributed by atoms with Gasteiger partial charge < -0.3 is 0 Å². The van der Waals surface area contributed by atoms with Crippen LogP contribution >= 0.6 is 0 Å². The maximum atomic E-state index is 13.8. The summed E-state index contributed by atoms with van der Waals surface area (Å²) in [5, 5.41) is 4.24. The maximum absolute atomic E-state index is 13.8. The van der Waals surface area contributed by atoms with Crippen LogP contribution in [0.4, 0.5) is 4.39 Å². The number of hydrogen-bond donors (Lipinski definition) is 0. The number of rotatable bonds is 3. The Balaban J connectivity index is 1.65. The minimum Gasteiger partial charge on any atom is -0.300 e. The first-order valence-corrected chi connectivity index (χ1v) is 10.2. The molecule has 4 rings (SSSR count). The molecule has 2 aliphatic heterocycles. The van der Waals surface area contributed by atoms with Crippen LogP contribution in [0.5, 0.6) is 0 Å². The Morgan fingerprint density at radius 1 is 1.24 bits per heavy atom. The van der Waals surface area contributed by atoms with Crippen molar-refractivity contribution in [3.8, 4) is 5.69 Å². The standard InChI is InChI=1S/C17H21FN4O2S/c1-20-7-8-21(17-12-25(23,24)11-16(17)20)10-13-9-14(18)3-4-15(13)22-6-2-5-19-22/h2-6,9,16-17H,7-8,10-12H2,1H3/t16-,17+/m0/s1. The van der Waals surface area contributed by atoms with E-state index in [0.29, 0.717) is 6.54 Å². The molecule has 25 heavy (non-hydrogen) atoms. The summed E-state index contributed by atoms with van der Waals surface area (Å²) in [4.78, 5) is 4.31. The van der Waals surface area contributed by atoms with E-state index in [2.05, 4.69) is 14.9 Å². The summed E-state index contributed by atoms with van der Waals surface area (Å²) in [6.07, 6.45) is 3.51. The molecule has 6 nitrogen and oxygen atoms in total. The Morgan fingerprint density at radius 2 is 2.04 bits per heavy atom. The van der Waals surface area contributed by atoms with E-state index in [0.717, 1.165) is 24.3 Å². The van der Waals surface area contributed by atoms with Crippen LogP contribution in [0.15, 0.2) is 36.7 Å². The molecular weight excluding hydrogens is 343 g/mol. The van der Waals surface area contributed by atoms with Crippen molar-refractivity contribution in [2.24, 2.45) is 0 Å². The third-order valence-corrected chi connectivity index (χ3v) is 6.93.